The Morgan fingerprint density at radius 3 is 2.38 bits per heavy atom. The van der Waals surface area contributed by atoms with Crippen molar-refractivity contribution < 1.29 is 5.11 Å². The van der Waals surface area contributed by atoms with Crippen LogP contribution in [0.5, 0.6) is 0 Å². The van der Waals surface area contributed by atoms with Gasteiger partial charge in [-0.15, -0.1) is 0 Å². The van der Waals surface area contributed by atoms with E-state index < -0.39 is 0 Å². The molecule has 0 saturated carbocycles. The average Bonchev–Trinajstić information content (AvgIpc) is 2.91. The molecule has 26 heavy (non-hydrogen) atoms. The van der Waals surface area contributed by atoms with Crippen molar-refractivity contribution in [3.8, 4) is 11.4 Å². The van der Waals surface area contributed by atoms with Crippen LogP contribution in [0.15, 0.2) is 54.9 Å². The molecule has 2 aliphatic rings. The summed E-state index contributed by atoms with van der Waals surface area (Å²) in [5, 5.41) is 12.4. The van der Waals surface area contributed by atoms with Gasteiger partial charge in [0, 0.05) is 42.1 Å². The number of piperidine rings is 1. The second kappa shape index (κ2) is 6.45. The molecule has 3 atom stereocenters. The smallest absolute Gasteiger partial charge is 0.159 e. The van der Waals surface area contributed by atoms with E-state index in [9.17, 15) is 5.11 Å². The lowest BCUT2D eigenvalue weighted by Gasteiger charge is -2.37. The third-order valence-corrected chi connectivity index (χ3v) is 5.96. The highest BCUT2D eigenvalue weighted by Crippen LogP contribution is 2.36. The molecule has 1 N–H and O–H groups in total. The van der Waals surface area contributed by atoms with E-state index in [0.29, 0.717) is 12.1 Å². The summed E-state index contributed by atoms with van der Waals surface area (Å²) in [6.07, 6.45) is 8.04. The van der Waals surface area contributed by atoms with Crippen LogP contribution in [0.2, 0.25) is 0 Å². The van der Waals surface area contributed by atoms with Crippen molar-refractivity contribution in [2.24, 2.45) is 0 Å². The number of aliphatic hydroxyl groups excluding tert-OH is 1. The van der Waals surface area contributed by atoms with Crippen LogP contribution in [0.3, 0.4) is 0 Å². The molecule has 1 unspecified atom stereocenters. The normalized spacial score (nSPS) is 25.7. The number of aliphatic hydroxyl groups is 1. The van der Waals surface area contributed by atoms with Crippen molar-refractivity contribution >= 4 is 10.8 Å². The van der Waals surface area contributed by atoms with E-state index in [1.807, 2.05) is 12.4 Å². The van der Waals surface area contributed by atoms with Gasteiger partial charge >= 0.3 is 0 Å². The minimum Gasteiger partial charge on any atom is -0.393 e. The predicted molar refractivity (Wildman–Crippen MR) is 103 cm³/mol. The molecule has 0 amide bonds. The molecule has 2 aliphatic heterocycles. The van der Waals surface area contributed by atoms with Gasteiger partial charge in [0.1, 0.15) is 0 Å². The summed E-state index contributed by atoms with van der Waals surface area (Å²) in [5.41, 5.74) is 2.23. The number of hydrogen-bond donors (Lipinski definition) is 1. The van der Waals surface area contributed by atoms with Gasteiger partial charge in [-0.1, -0.05) is 42.5 Å². The van der Waals surface area contributed by atoms with Crippen LogP contribution < -0.4 is 0 Å². The standard InChI is InChI=1S/C22H23N3O/c26-19-10-17-8-9-18(11-19)25(17)14-15-12-23-22(24-13-15)21-7-3-5-16-4-1-2-6-20(16)21/h1-7,12-13,17-19,26H,8-11,14H2/t17-,18+,19?. The molecule has 2 bridgehead atoms. The number of benzene rings is 2. The number of aromatic nitrogens is 2. The van der Waals surface area contributed by atoms with Crippen molar-refractivity contribution in [1.29, 1.82) is 0 Å². The van der Waals surface area contributed by atoms with E-state index >= 15 is 0 Å². The Kier molecular flexibility index (Phi) is 3.95. The molecule has 5 rings (SSSR count). The first-order valence-corrected chi connectivity index (χ1v) is 9.51. The fraction of sp³-hybridized carbons (Fsp3) is 0.364. The zero-order chi connectivity index (χ0) is 17.5. The van der Waals surface area contributed by atoms with Crippen molar-refractivity contribution in [3.63, 3.8) is 0 Å². The van der Waals surface area contributed by atoms with E-state index in [-0.39, 0.29) is 6.10 Å². The quantitative estimate of drug-likeness (QED) is 0.785. The Balaban J connectivity index is 1.39. The lowest BCUT2D eigenvalue weighted by molar-refractivity contribution is 0.0309. The Hall–Kier alpha value is -2.30. The fourth-order valence-electron chi connectivity index (χ4n) is 4.71. The highest BCUT2D eigenvalue weighted by atomic mass is 16.3. The summed E-state index contributed by atoms with van der Waals surface area (Å²) in [6.45, 7) is 0.887. The molecule has 4 heteroatoms. The molecule has 2 aromatic carbocycles. The molecule has 0 radical (unpaired) electrons. The van der Waals surface area contributed by atoms with Crippen LogP contribution in [-0.2, 0) is 6.54 Å². The van der Waals surface area contributed by atoms with Gasteiger partial charge in [-0.3, -0.25) is 4.90 Å². The molecular formula is C22H23N3O. The fourth-order valence-corrected chi connectivity index (χ4v) is 4.71. The van der Waals surface area contributed by atoms with E-state index in [1.54, 1.807) is 0 Å². The zero-order valence-corrected chi connectivity index (χ0v) is 14.8. The van der Waals surface area contributed by atoms with Gasteiger partial charge in [-0.2, -0.15) is 0 Å². The van der Waals surface area contributed by atoms with Crippen LogP contribution in [0.1, 0.15) is 31.2 Å². The summed E-state index contributed by atoms with van der Waals surface area (Å²) >= 11 is 0. The highest BCUT2D eigenvalue weighted by molar-refractivity contribution is 5.94. The Morgan fingerprint density at radius 2 is 1.62 bits per heavy atom. The molecule has 0 spiro atoms. The van der Waals surface area contributed by atoms with E-state index in [4.69, 9.17) is 0 Å². The van der Waals surface area contributed by atoms with Gasteiger partial charge in [-0.05, 0) is 36.5 Å². The van der Waals surface area contributed by atoms with Crippen molar-refractivity contribution in [3.05, 3.63) is 60.4 Å². The molecule has 4 nitrogen and oxygen atoms in total. The maximum absolute atomic E-state index is 9.97. The van der Waals surface area contributed by atoms with Gasteiger partial charge < -0.3 is 5.11 Å². The number of rotatable bonds is 3. The lowest BCUT2D eigenvalue weighted by Crippen LogP contribution is -2.44. The molecule has 2 saturated heterocycles. The summed E-state index contributed by atoms with van der Waals surface area (Å²) in [7, 11) is 0. The van der Waals surface area contributed by atoms with Crippen LogP contribution in [0.25, 0.3) is 22.2 Å². The minimum atomic E-state index is -0.117. The molecular weight excluding hydrogens is 322 g/mol. The van der Waals surface area contributed by atoms with Crippen LogP contribution >= 0.6 is 0 Å². The van der Waals surface area contributed by atoms with Crippen molar-refractivity contribution in [2.45, 2.75) is 50.4 Å². The maximum atomic E-state index is 9.97. The lowest BCUT2D eigenvalue weighted by atomic mass is 9.99. The highest BCUT2D eigenvalue weighted by Gasteiger charge is 2.39. The molecule has 1 aromatic heterocycles. The summed E-state index contributed by atoms with van der Waals surface area (Å²) in [4.78, 5) is 11.9. The summed E-state index contributed by atoms with van der Waals surface area (Å²) in [5.74, 6) is 0.780. The van der Waals surface area contributed by atoms with Gasteiger partial charge in [0.05, 0.1) is 6.10 Å². The largest absolute Gasteiger partial charge is 0.393 e. The van der Waals surface area contributed by atoms with E-state index in [0.717, 1.165) is 36.3 Å². The van der Waals surface area contributed by atoms with Crippen LogP contribution in [0.4, 0.5) is 0 Å². The molecule has 3 heterocycles. The van der Waals surface area contributed by atoms with Gasteiger partial charge in [0.2, 0.25) is 0 Å². The molecule has 3 aromatic rings. The van der Waals surface area contributed by atoms with Crippen LogP contribution in [-0.4, -0.2) is 38.2 Å². The van der Waals surface area contributed by atoms with Crippen LogP contribution in [0, 0.1) is 0 Å². The maximum Gasteiger partial charge on any atom is 0.159 e. The summed E-state index contributed by atoms with van der Waals surface area (Å²) < 4.78 is 0. The van der Waals surface area contributed by atoms with E-state index in [2.05, 4.69) is 57.3 Å². The van der Waals surface area contributed by atoms with Gasteiger partial charge in [-0.25, -0.2) is 9.97 Å². The first-order valence-electron chi connectivity index (χ1n) is 9.51. The molecule has 132 valence electrons. The average molecular weight is 345 g/mol. The van der Waals surface area contributed by atoms with Gasteiger partial charge in [0.15, 0.2) is 5.82 Å². The van der Waals surface area contributed by atoms with Gasteiger partial charge in [0.25, 0.3) is 0 Å². The zero-order valence-electron chi connectivity index (χ0n) is 14.8. The first kappa shape index (κ1) is 15.9. The monoisotopic (exact) mass is 345 g/mol. The Labute approximate surface area is 153 Å². The number of fused-ring (bicyclic) bond motifs is 3. The predicted octanol–water partition coefficient (Wildman–Crippen LogP) is 3.78. The van der Waals surface area contributed by atoms with Crippen molar-refractivity contribution in [1.82, 2.24) is 14.9 Å². The number of hydrogen-bond acceptors (Lipinski definition) is 4. The van der Waals surface area contributed by atoms with E-state index in [1.165, 1.54) is 23.6 Å². The molecule has 0 aliphatic carbocycles. The Morgan fingerprint density at radius 1 is 0.923 bits per heavy atom. The summed E-state index contributed by atoms with van der Waals surface area (Å²) in [6, 6.07) is 15.7. The van der Waals surface area contributed by atoms with Crippen molar-refractivity contribution in [2.75, 3.05) is 0 Å². The number of nitrogens with zero attached hydrogens (tertiary/aromatic N) is 3. The second-order valence-electron chi connectivity index (χ2n) is 7.62. The molecule has 2 fully saturated rings. The Bertz CT molecular complexity index is 905. The second-order valence-corrected chi connectivity index (χ2v) is 7.62. The SMILES string of the molecule is OC1C[C@H]2CC[C@@H](C1)N2Cc1cnc(-c2cccc3ccccc23)nc1. The first-order chi connectivity index (χ1) is 12.8. The third-order valence-electron chi connectivity index (χ3n) is 5.96. The third kappa shape index (κ3) is 2.79. The topological polar surface area (TPSA) is 49.2 Å². The minimum absolute atomic E-state index is 0.117.